The number of rotatable bonds is 8. The average molecular weight is 385 g/mol. The molecule has 3 aromatic rings. The molecule has 0 aliphatic heterocycles. The normalized spacial score (nSPS) is 12.0. The van der Waals surface area contributed by atoms with E-state index >= 15 is 0 Å². The van der Waals surface area contributed by atoms with Crippen molar-refractivity contribution in [2.45, 2.75) is 53.4 Å². The van der Waals surface area contributed by atoms with Gasteiger partial charge < -0.3 is 0 Å². The highest BCUT2D eigenvalue weighted by atomic mass is 16.1. The van der Waals surface area contributed by atoms with Gasteiger partial charge >= 0.3 is 0 Å². The van der Waals surface area contributed by atoms with E-state index in [1.807, 2.05) is 6.92 Å². The van der Waals surface area contributed by atoms with E-state index in [1.165, 1.54) is 38.9 Å². The number of hydrogen-bond donors (Lipinski definition) is 0. The van der Waals surface area contributed by atoms with Gasteiger partial charge in [-0.15, -0.1) is 0 Å². The first kappa shape index (κ1) is 21.0. The van der Waals surface area contributed by atoms with Gasteiger partial charge in [0, 0.05) is 5.92 Å². The number of hydrogen-bond acceptors (Lipinski definition) is 1. The lowest BCUT2D eigenvalue weighted by atomic mass is 9.91. The molecule has 150 valence electrons. The summed E-state index contributed by atoms with van der Waals surface area (Å²) in [5, 5.41) is 0. The monoisotopic (exact) mass is 384 g/mol. The molecular weight excluding hydrogens is 352 g/mol. The van der Waals surface area contributed by atoms with E-state index in [2.05, 4.69) is 80.6 Å². The van der Waals surface area contributed by atoms with Crippen molar-refractivity contribution in [1.82, 2.24) is 0 Å². The fourth-order valence-corrected chi connectivity index (χ4v) is 3.89. The van der Waals surface area contributed by atoms with Crippen molar-refractivity contribution in [2.24, 2.45) is 5.92 Å². The summed E-state index contributed by atoms with van der Waals surface area (Å²) in [6.07, 6.45) is 3.98. The van der Waals surface area contributed by atoms with Crippen molar-refractivity contribution in [1.29, 1.82) is 0 Å². The Morgan fingerprint density at radius 3 is 2.28 bits per heavy atom. The smallest absolute Gasteiger partial charge is 0.132 e. The Kier molecular flexibility index (Phi) is 7.04. The molecule has 1 atom stereocenters. The third kappa shape index (κ3) is 5.44. The van der Waals surface area contributed by atoms with Crippen molar-refractivity contribution >= 4 is 5.78 Å². The van der Waals surface area contributed by atoms with Crippen LogP contribution in [0.1, 0.15) is 48.1 Å². The first-order valence-electron chi connectivity index (χ1n) is 10.7. The minimum absolute atomic E-state index is 0.142. The molecule has 1 nitrogen and oxygen atoms in total. The fourth-order valence-electron chi connectivity index (χ4n) is 3.89. The van der Waals surface area contributed by atoms with E-state index in [4.69, 9.17) is 0 Å². The molecule has 0 aliphatic carbocycles. The van der Waals surface area contributed by atoms with E-state index < -0.39 is 0 Å². The van der Waals surface area contributed by atoms with Crippen LogP contribution in [0.2, 0.25) is 0 Å². The Balaban J connectivity index is 1.73. The topological polar surface area (TPSA) is 17.1 Å². The predicted octanol–water partition coefficient (Wildman–Crippen LogP) is 6.91. The van der Waals surface area contributed by atoms with Gasteiger partial charge in [0.25, 0.3) is 0 Å². The Morgan fingerprint density at radius 1 is 0.828 bits per heavy atom. The molecule has 0 heterocycles. The zero-order chi connectivity index (χ0) is 20.8. The lowest BCUT2D eigenvalue weighted by Gasteiger charge is -2.14. The maximum Gasteiger partial charge on any atom is 0.132 e. The highest BCUT2D eigenvalue weighted by molar-refractivity contribution is 5.77. The molecule has 0 fully saturated rings. The van der Waals surface area contributed by atoms with Crippen LogP contribution in [0.3, 0.4) is 0 Å². The first-order chi connectivity index (χ1) is 14.0. The highest BCUT2D eigenvalue weighted by Gasteiger charge is 2.10. The number of ketones is 1. The van der Waals surface area contributed by atoms with Crippen LogP contribution < -0.4 is 0 Å². The molecule has 0 saturated carbocycles. The van der Waals surface area contributed by atoms with Crippen molar-refractivity contribution < 1.29 is 4.79 Å². The van der Waals surface area contributed by atoms with Gasteiger partial charge in [-0.05, 0) is 85.4 Å². The van der Waals surface area contributed by atoms with Crippen LogP contribution in [-0.2, 0) is 24.1 Å². The number of aryl methyl sites for hydroxylation is 4. The van der Waals surface area contributed by atoms with Gasteiger partial charge in [-0.1, -0.05) is 73.7 Å². The molecule has 1 heteroatoms. The first-order valence-corrected chi connectivity index (χ1v) is 10.7. The molecule has 0 radical (unpaired) electrons. The fraction of sp³-hybridized carbons (Fsp3) is 0.321. The summed E-state index contributed by atoms with van der Waals surface area (Å²) in [5.74, 6) is 0.425. The molecule has 3 rings (SSSR count). The summed E-state index contributed by atoms with van der Waals surface area (Å²) in [4.78, 5) is 11.5. The summed E-state index contributed by atoms with van der Waals surface area (Å²) in [5.41, 5.74) is 9.52. The lowest BCUT2D eigenvalue weighted by Crippen LogP contribution is -2.07. The molecule has 0 aliphatic rings. The van der Waals surface area contributed by atoms with Crippen molar-refractivity contribution in [3.05, 3.63) is 94.5 Å². The maximum atomic E-state index is 11.5. The quantitative estimate of drug-likeness (QED) is 0.412. The molecular formula is C28H32O. The van der Waals surface area contributed by atoms with Gasteiger partial charge in [0.15, 0.2) is 0 Å². The lowest BCUT2D eigenvalue weighted by molar-refractivity contribution is -0.120. The second kappa shape index (κ2) is 9.69. The van der Waals surface area contributed by atoms with Gasteiger partial charge in [0.2, 0.25) is 0 Å². The Bertz CT molecular complexity index is 969. The third-order valence-corrected chi connectivity index (χ3v) is 6.17. The molecule has 1 unspecified atom stereocenters. The van der Waals surface area contributed by atoms with Crippen molar-refractivity contribution in [3.63, 3.8) is 0 Å². The molecule has 0 spiro atoms. The van der Waals surface area contributed by atoms with Crippen LogP contribution in [-0.4, -0.2) is 5.78 Å². The summed E-state index contributed by atoms with van der Waals surface area (Å²) in [7, 11) is 0. The second-order valence-electron chi connectivity index (χ2n) is 8.27. The van der Waals surface area contributed by atoms with E-state index in [0.29, 0.717) is 0 Å². The predicted molar refractivity (Wildman–Crippen MR) is 123 cm³/mol. The average Bonchev–Trinajstić information content (AvgIpc) is 2.73. The summed E-state index contributed by atoms with van der Waals surface area (Å²) in [6, 6.07) is 24.1. The van der Waals surface area contributed by atoms with E-state index in [-0.39, 0.29) is 11.7 Å². The number of benzene rings is 3. The molecule has 0 N–H and O–H groups in total. The third-order valence-electron chi connectivity index (χ3n) is 6.17. The summed E-state index contributed by atoms with van der Waals surface area (Å²) in [6.45, 7) is 8.16. The van der Waals surface area contributed by atoms with E-state index in [0.717, 1.165) is 25.7 Å². The van der Waals surface area contributed by atoms with E-state index in [1.54, 1.807) is 6.92 Å². The molecule has 29 heavy (non-hydrogen) atoms. The molecule has 0 aromatic heterocycles. The number of carbonyl (C=O) groups excluding carboxylic acids is 1. The maximum absolute atomic E-state index is 11.5. The number of carbonyl (C=O) groups is 1. The second-order valence-corrected chi connectivity index (χ2v) is 8.27. The van der Waals surface area contributed by atoms with Gasteiger partial charge in [-0.3, -0.25) is 4.79 Å². The molecule has 0 bridgehead atoms. The molecule has 0 amide bonds. The van der Waals surface area contributed by atoms with E-state index in [9.17, 15) is 4.79 Å². The van der Waals surface area contributed by atoms with Gasteiger partial charge in [0.05, 0.1) is 0 Å². The van der Waals surface area contributed by atoms with Crippen LogP contribution in [0.5, 0.6) is 0 Å². The van der Waals surface area contributed by atoms with Crippen LogP contribution in [0, 0.1) is 19.8 Å². The zero-order valence-corrected chi connectivity index (χ0v) is 18.2. The van der Waals surface area contributed by atoms with Crippen LogP contribution >= 0.6 is 0 Å². The summed E-state index contributed by atoms with van der Waals surface area (Å²) >= 11 is 0. The highest BCUT2D eigenvalue weighted by Crippen LogP contribution is 2.27. The summed E-state index contributed by atoms with van der Waals surface area (Å²) < 4.78 is 0. The molecule has 3 aromatic carbocycles. The van der Waals surface area contributed by atoms with Crippen molar-refractivity contribution in [2.75, 3.05) is 0 Å². The molecule has 0 saturated heterocycles. The van der Waals surface area contributed by atoms with Gasteiger partial charge in [0.1, 0.15) is 5.78 Å². The minimum atomic E-state index is 0.142. The largest absolute Gasteiger partial charge is 0.300 e. The minimum Gasteiger partial charge on any atom is -0.300 e. The van der Waals surface area contributed by atoms with Crippen LogP contribution in [0.25, 0.3) is 11.1 Å². The Hall–Kier alpha value is -2.67. The van der Waals surface area contributed by atoms with Gasteiger partial charge in [-0.2, -0.15) is 0 Å². The van der Waals surface area contributed by atoms with Crippen LogP contribution in [0.15, 0.2) is 66.7 Å². The van der Waals surface area contributed by atoms with Crippen molar-refractivity contribution in [3.8, 4) is 11.1 Å². The standard InChI is InChI=1S/C28H32O/c1-20(23(4)29)13-15-24-16-14-21(2)27(19-24)18-17-25-11-8-12-28(22(25)3)26-9-6-5-7-10-26/h5-12,14,16,19-20H,13,15,17-18H2,1-4H3. The number of Topliss-reactive ketones (excluding diaryl/α,β-unsaturated/α-hetero) is 1. The Labute approximate surface area is 175 Å². The van der Waals surface area contributed by atoms with Crippen LogP contribution in [0.4, 0.5) is 0 Å². The SMILES string of the molecule is CC(=O)C(C)CCc1ccc(C)c(CCc2cccc(-c3ccccc3)c2C)c1. The van der Waals surface area contributed by atoms with Gasteiger partial charge in [-0.25, -0.2) is 0 Å². The Morgan fingerprint density at radius 2 is 1.55 bits per heavy atom. The zero-order valence-electron chi connectivity index (χ0n) is 18.2.